The van der Waals surface area contributed by atoms with Crippen LogP contribution in [-0.4, -0.2) is 31.7 Å². The van der Waals surface area contributed by atoms with Crippen molar-refractivity contribution in [2.75, 3.05) is 20.8 Å². The van der Waals surface area contributed by atoms with Crippen LogP contribution >= 0.6 is 24.0 Å². The fourth-order valence-corrected chi connectivity index (χ4v) is 2.13. The Kier molecular flexibility index (Phi) is 9.70. The number of benzene rings is 1. The number of pyridine rings is 1. The minimum Gasteiger partial charge on any atom is -0.493 e. The van der Waals surface area contributed by atoms with E-state index in [1.54, 1.807) is 38.6 Å². The Morgan fingerprint density at radius 1 is 1.15 bits per heavy atom. The molecular weight excluding hydrogens is 459 g/mol. The standard InChI is InChI=1S/C19H26N4O3.HI/c1-13(2)10-22-19(20)23-12-14-8-9-17(21-11-14)26-18-15(24-3)6-5-7-16(18)25-4;/h5-9,11,13H,10,12H2,1-4H3,(H3,20,22,23);1H. The van der Waals surface area contributed by atoms with Crippen molar-refractivity contribution in [3.05, 3.63) is 42.1 Å². The quantitative estimate of drug-likeness (QED) is 0.337. The number of methoxy groups -OCH3 is 2. The monoisotopic (exact) mass is 486 g/mol. The number of nitrogens with two attached hydrogens (primary N) is 1. The number of halogens is 1. The van der Waals surface area contributed by atoms with Crippen LogP contribution in [0.15, 0.2) is 41.5 Å². The number of guanidine groups is 1. The number of para-hydroxylation sites is 1. The van der Waals surface area contributed by atoms with Gasteiger partial charge in [0.05, 0.1) is 20.8 Å². The van der Waals surface area contributed by atoms with Crippen LogP contribution in [0.25, 0.3) is 0 Å². The third-order valence-corrected chi connectivity index (χ3v) is 3.51. The van der Waals surface area contributed by atoms with Crippen LogP contribution in [0.4, 0.5) is 0 Å². The van der Waals surface area contributed by atoms with Crippen molar-refractivity contribution in [3.8, 4) is 23.1 Å². The second kappa shape index (κ2) is 11.5. The van der Waals surface area contributed by atoms with Crippen molar-refractivity contribution >= 4 is 29.9 Å². The Bertz CT molecular complexity index is 714. The van der Waals surface area contributed by atoms with Gasteiger partial charge < -0.3 is 25.3 Å². The first-order valence-electron chi connectivity index (χ1n) is 8.41. The van der Waals surface area contributed by atoms with Crippen molar-refractivity contribution in [2.24, 2.45) is 16.6 Å². The van der Waals surface area contributed by atoms with Gasteiger partial charge in [0.15, 0.2) is 17.5 Å². The van der Waals surface area contributed by atoms with Crippen LogP contribution in [0.2, 0.25) is 0 Å². The minimum atomic E-state index is 0. The molecule has 0 atom stereocenters. The molecule has 0 fully saturated rings. The predicted octanol–water partition coefficient (Wildman–Crippen LogP) is 3.57. The van der Waals surface area contributed by atoms with Crippen LogP contribution in [0, 0.1) is 5.92 Å². The number of aliphatic imine (C=N–C) groups is 1. The number of aromatic nitrogens is 1. The van der Waals surface area contributed by atoms with E-state index in [0.29, 0.717) is 41.6 Å². The van der Waals surface area contributed by atoms with Crippen molar-refractivity contribution in [1.29, 1.82) is 0 Å². The molecule has 2 aromatic rings. The molecule has 27 heavy (non-hydrogen) atoms. The molecule has 148 valence electrons. The lowest BCUT2D eigenvalue weighted by atomic mass is 10.2. The summed E-state index contributed by atoms with van der Waals surface area (Å²) >= 11 is 0. The minimum absolute atomic E-state index is 0. The lowest BCUT2D eigenvalue weighted by molar-refractivity contribution is 0.342. The first-order chi connectivity index (χ1) is 12.5. The van der Waals surface area contributed by atoms with E-state index >= 15 is 0 Å². The van der Waals surface area contributed by atoms with Crippen LogP contribution in [-0.2, 0) is 6.54 Å². The van der Waals surface area contributed by atoms with Gasteiger partial charge in [0.1, 0.15) is 0 Å². The molecule has 0 radical (unpaired) electrons. The van der Waals surface area contributed by atoms with E-state index in [1.165, 1.54) is 0 Å². The van der Waals surface area contributed by atoms with Gasteiger partial charge in [-0.2, -0.15) is 0 Å². The largest absolute Gasteiger partial charge is 0.493 e. The number of hydrogen-bond acceptors (Lipinski definition) is 5. The van der Waals surface area contributed by atoms with Crippen molar-refractivity contribution in [2.45, 2.75) is 20.4 Å². The van der Waals surface area contributed by atoms with Gasteiger partial charge in [-0.1, -0.05) is 26.0 Å². The lowest BCUT2D eigenvalue weighted by Crippen LogP contribution is -2.34. The van der Waals surface area contributed by atoms with Gasteiger partial charge in [-0.3, -0.25) is 0 Å². The Morgan fingerprint density at radius 2 is 1.81 bits per heavy atom. The molecule has 8 heteroatoms. The summed E-state index contributed by atoms with van der Waals surface area (Å²) in [5.74, 6) is 3.00. The van der Waals surface area contributed by atoms with E-state index in [2.05, 4.69) is 29.1 Å². The summed E-state index contributed by atoms with van der Waals surface area (Å²) in [4.78, 5) is 8.61. The molecule has 3 N–H and O–H groups in total. The number of nitrogens with zero attached hydrogens (tertiary/aromatic N) is 2. The highest BCUT2D eigenvalue weighted by Gasteiger charge is 2.13. The number of nitrogens with one attached hydrogen (secondary N) is 1. The van der Waals surface area contributed by atoms with Gasteiger partial charge in [-0.05, 0) is 23.6 Å². The smallest absolute Gasteiger partial charge is 0.219 e. The Morgan fingerprint density at radius 3 is 2.33 bits per heavy atom. The molecule has 2 rings (SSSR count). The van der Waals surface area contributed by atoms with Gasteiger partial charge in [-0.25, -0.2) is 9.98 Å². The Labute approximate surface area is 177 Å². The van der Waals surface area contributed by atoms with E-state index < -0.39 is 0 Å². The summed E-state index contributed by atoms with van der Waals surface area (Å²) in [7, 11) is 3.15. The van der Waals surface area contributed by atoms with E-state index in [-0.39, 0.29) is 24.0 Å². The third kappa shape index (κ3) is 7.12. The molecule has 7 nitrogen and oxygen atoms in total. The first kappa shape index (κ1) is 22.8. The molecule has 0 amide bonds. The van der Waals surface area contributed by atoms with Crippen LogP contribution < -0.4 is 25.3 Å². The molecule has 0 aliphatic carbocycles. The van der Waals surface area contributed by atoms with E-state index in [9.17, 15) is 0 Å². The third-order valence-electron chi connectivity index (χ3n) is 3.51. The maximum Gasteiger partial charge on any atom is 0.219 e. The van der Waals surface area contributed by atoms with Gasteiger partial charge in [-0.15, -0.1) is 24.0 Å². The topological polar surface area (TPSA) is 91.0 Å². The molecule has 1 heterocycles. The van der Waals surface area contributed by atoms with Crippen molar-refractivity contribution in [1.82, 2.24) is 10.3 Å². The molecule has 0 bridgehead atoms. The van der Waals surface area contributed by atoms with Gasteiger partial charge in [0, 0.05) is 18.8 Å². The average molecular weight is 486 g/mol. The summed E-state index contributed by atoms with van der Waals surface area (Å²) in [6.45, 7) is 5.46. The fourth-order valence-electron chi connectivity index (χ4n) is 2.13. The highest BCUT2D eigenvalue weighted by Crippen LogP contribution is 2.39. The molecule has 0 spiro atoms. The molecule has 0 aliphatic heterocycles. The molecular formula is C19H27IN4O3. The molecule has 0 aliphatic rings. The summed E-state index contributed by atoms with van der Waals surface area (Å²) in [5, 5.41) is 3.08. The van der Waals surface area contributed by atoms with Crippen LogP contribution in [0.5, 0.6) is 23.1 Å². The lowest BCUT2D eigenvalue weighted by Gasteiger charge is -2.13. The highest BCUT2D eigenvalue weighted by molar-refractivity contribution is 14.0. The second-order valence-corrected chi connectivity index (χ2v) is 6.07. The Hall–Kier alpha value is -2.23. The number of hydrogen-bond donors (Lipinski definition) is 2. The summed E-state index contributed by atoms with van der Waals surface area (Å²) in [6.07, 6.45) is 1.70. The zero-order valence-corrected chi connectivity index (χ0v) is 18.4. The molecule has 0 saturated carbocycles. The van der Waals surface area contributed by atoms with Crippen LogP contribution in [0.1, 0.15) is 19.4 Å². The van der Waals surface area contributed by atoms with E-state index in [0.717, 1.165) is 12.1 Å². The fraction of sp³-hybridized carbons (Fsp3) is 0.368. The normalized spacial score (nSPS) is 10.9. The maximum absolute atomic E-state index is 5.83. The van der Waals surface area contributed by atoms with E-state index in [1.807, 2.05) is 12.1 Å². The summed E-state index contributed by atoms with van der Waals surface area (Å²) < 4.78 is 16.5. The van der Waals surface area contributed by atoms with Gasteiger partial charge >= 0.3 is 0 Å². The Balaban J connectivity index is 0.00000364. The molecule has 0 saturated heterocycles. The highest BCUT2D eigenvalue weighted by atomic mass is 127. The van der Waals surface area contributed by atoms with Gasteiger partial charge in [0.2, 0.25) is 11.6 Å². The SMILES string of the molecule is COc1cccc(OC)c1Oc1ccc(CN=C(N)NCC(C)C)cn1.I. The van der Waals surface area contributed by atoms with Crippen LogP contribution in [0.3, 0.4) is 0 Å². The van der Waals surface area contributed by atoms with Crippen molar-refractivity contribution < 1.29 is 14.2 Å². The maximum atomic E-state index is 5.83. The summed E-state index contributed by atoms with van der Waals surface area (Å²) in [6, 6.07) is 9.09. The zero-order valence-electron chi connectivity index (χ0n) is 16.1. The van der Waals surface area contributed by atoms with Crippen molar-refractivity contribution in [3.63, 3.8) is 0 Å². The van der Waals surface area contributed by atoms with E-state index in [4.69, 9.17) is 19.9 Å². The number of rotatable bonds is 8. The molecule has 1 aromatic heterocycles. The molecule has 0 unspecified atom stereocenters. The molecule has 1 aromatic carbocycles. The predicted molar refractivity (Wildman–Crippen MR) is 117 cm³/mol. The average Bonchev–Trinajstić information content (AvgIpc) is 2.65. The summed E-state index contributed by atoms with van der Waals surface area (Å²) in [5.41, 5.74) is 6.76. The second-order valence-electron chi connectivity index (χ2n) is 6.07. The number of ether oxygens (including phenoxy) is 3. The first-order valence-corrected chi connectivity index (χ1v) is 8.41. The zero-order chi connectivity index (χ0) is 18.9. The van der Waals surface area contributed by atoms with Gasteiger partial charge in [0.25, 0.3) is 0 Å².